The summed E-state index contributed by atoms with van der Waals surface area (Å²) in [4.78, 5) is 4.88. The highest BCUT2D eigenvalue weighted by atomic mass is 16.5. The van der Waals surface area contributed by atoms with Crippen LogP contribution < -0.4 is 4.74 Å². The number of hydrogen-bond donors (Lipinski definition) is 0. The molecule has 1 aromatic heterocycles. The van der Waals surface area contributed by atoms with Gasteiger partial charge in [0, 0.05) is 6.54 Å². The Morgan fingerprint density at radius 2 is 1.50 bits per heavy atom. The van der Waals surface area contributed by atoms with Gasteiger partial charge in [0.1, 0.15) is 18.2 Å². The fraction of sp³-hybridized carbons (Fsp3) is 0.207. The van der Waals surface area contributed by atoms with E-state index in [1.165, 1.54) is 21.9 Å². The van der Waals surface area contributed by atoms with E-state index in [0.717, 1.165) is 29.2 Å². The Bertz CT molecular complexity index is 1370. The monoisotopic (exact) mass is 420 g/mol. The van der Waals surface area contributed by atoms with E-state index in [2.05, 4.69) is 104 Å². The number of nitrogens with zero attached hydrogens (tertiary/aromatic N) is 2. The minimum Gasteiger partial charge on any atom is -0.486 e. The number of hydrogen-bond acceptors (Lipinski definition) is 2. The molecule has 0 bridgehead atoms. The number of ether oxygens (including phenoxy) is 1. The molecule has 160 valence electrons. The van der Waals surface area contributed by atoms with E-state index >= 15 is 0 Å². The molecule has 0 unspecified atom stereocenters. The zero-order valence-corrected chi connectivity index (χ0v) is 18.9. The summed E-state index contributed by atoms with van der Waals surface area (Å²) in [6, 6.07) is 31.8. The van der Waals surface area contributed by atoms with Crippen LogP contribution in [0.25, 0.3) is 21.8 Å². The molecule has 0 saturated heterocycles. The van der Waals surface area contributed by atoms with Crippen molar-refractivity contribution in [1.29, 1.82) is 0 Å². The Balaban J connectivity index is 1.43. The minimum absolute atomic E-state index is 0.152. The average molecular weight is 421 g/mol. The number of para-hydroxylation sites is 2. The number of imidazole rings is 1. The highest BCUT2D eigenvalue weighted by molar-refractivity contribution is 5.83. The molecule has 0 spiro atoms. The van der Waals surface area contributed by atoms with Gasteiger partial charge in [-0.15, -0.1) is 0 Å². The van der Waals surface area contributed by atoms with Gasteiger partial charge in [0.05, 0.1) is 11.0 Å². The van der Waals surface area contributed by atoms with Crippen LogP contribution in [-0.2, 0) is 18.6 Å². The zero-order valence-electron chi connectivity index (χ0n) is 18.9. The maximum atomic E-state index is 6.19. The lowest BCUT2D eigenvalue weighted by atomic mass is 9.87. The van der Waals surface area contributed by atoms with Crippen LogP contribution >= 0.6 is 0 Å². The van der Waals surface area contributed by atoms with Gasteiger partial charge in [-0.05, 0) is 51.6 Å². The third-order valence-electron chi connectivity index (χ3n) is 5.98. The first kappa shape index (κ1) is 20.3. The molecular weight excluding hydrogens is 392 g/mol. The van der Waals surface area contributed by atoms with Crippen molar-refractivity contribution in [2.24, 2.45) is 0 Å². The SMILES string of the molecule is CC(C)(C)c1ccc(Cn2c(COc3ccc4ccccc4c3)nc3ccccc32)cc1. The standard InChI is InChI=1S/C29H28N2O/c1-29(2,3)24-15-12-21(13-16-24)19-31-27-11-7-6-10-26(27)30-28(31)20-32-25-17-14-22-8-4-5-9-23(22)18-25/h4-18H,19-20H2,1-3H3. The highest BCUT2D eigenvalue weighted by Gasteiger charge is 2.15. The lowest BCUT2D eigenvalue weighted by Crippen LogP contribution is -2.11. The fourth-order valence-electron chi connectivity index (χ4n) is 4.11. The van der Waals surface area contributed by atoms with Crippen LogP contribution in [0.3, 0.4) is 0 Å². The molecule has 1 heterocycles. The van der Waals surface area contributed by atoms with Crippen molar-refractivity contribution in [2.75, 3.05) is 0 Å². The smallest absolute Gasteiger partial charge is 0.148 e. The normalized spacial score (nSPS) is 11.8. The molecule has 0 saturated carbocycles. The van der Waals surface area contributed by atoms with Gasteiger partial charge >= 0.3 is 0 Å². The minimum atomic E-state index is 0.152. The van der Waals surface area contributed by atoms with Gasteiger partial charge < -0.3 is 9.30 Å². The van der Waals surface area contributed by atoms with E-state index in [0.29, 0.717) is 6.61 Å². The zero-order chi connectivity index (χ0) is 22.1. The molecule has 3 heteroatoms. The van der Waals surface area contributed by atoms with Crippen LogP contribution in [0.5, 0.6) is 5.75 Å². The summed E-state index contributed by atoms with van der Waals surface area (Å²) in [6.07, 6.45) is 0. The fourth-order valence-corrected chi connectivity index (χ4v) is 4.11. The first-order valence-electron chi connectivity index (χ1n) is 11.1. The summed E-state index contributed by atoms with van der Waals surface area (Å²) >= 11 is 0. The quantitative estimate of drug-likeness (QED) is 0.303. The molecule has 0 fully saturated rings. The predicted molar refractivity (Wildman–Crippen MR) is 132 cm³/mol. The van der Waals surface area contributed by atoms with Crippen molar-refractivity contribution in [1.82, 2.24) is 9.55 Å². The second-order valence-corrected chi connectivity index (χ2v) is 9.35. The lowest BCUT2D eigenvalue weighted by molar-refractivity contribution is 0.291. The summed E-state index contributed by atoms with van der Waals surface area (Å²) in [6.45, 7) is 7.92. The summed E-state index contributed by atoms with van der Waals surface area (Å²) < 4.78 is 8.45. The summed E-state index contributed by atoms with van der Waals surface area (Å²) in [5, 5.41) is 2.39. The molecular formula is C29H28N2O. The van der Waals surface area contributed by atoms with Crippen molar-refractivity contribution < 1.29 is 4.74 Å². The third kappa shape index (κ3) is 4.11. The van der Waals surface area contributed by atoms with Gasteiger partial charge in [-0.3, -0.25) is 0 Å². The Morgan fingerprint density at radius 3 is 2.28 bits per heavy atom. The lowest BCUT2D eigenvalue weighted by Gasteiger charge is -2.19. The van der Waals surface area contributed by atoms with Gasteiger partial charge in [-0.1, -0.05) is 87.5 Å². The molecule has 0 atom stereocenters. The second kappa shape index (κ2) is 8.16. The first-order valence-corrected chi connectivity index (χ1v) is 11.1. The van der Waals surface area contributed by atoms with E-state index in [-0.39, 0.29) is 5.41 Å². The van der Waals surface area contributed by atoms with Crippen molar-refractivity contribution in [3.63, 3.8) is 0 Å². The molecule has 3 nitrogen and oxygen atoms in total. The van der Waals surface area contributed by atoms with Crippen LogP contribution in [-0.4, -0.2) is 9.55 Å². The largest absolute Gasteiger partial charge is 0.486 e. The van der Waals surface area contributed by atoms with Gasteiger partial charge in [-0.25, -0.2) is 4.98 Å². The Hall–Kier alpha value is -3.59. The van der Waals surface area contributed by atoms with Gasteiger partial charge in [0.15, 0.2) is 0 Å². The summed E-state index contributed by atoms with van der Waals surface area (Å²) in [7, 11) is 0. The van der Waals surface area contributed by atoms with Gasteiger partial charge in [0.2, 0.25) is 0 Å². The number of fused-ring (bicyclic) bond motifs is 2. The van der Waals surface area contributed by atoms with Crippen molar-refractivity contribution in [3.05, 3.63) is 108 Å². The Morgan fingerprint density at radius 1 is 0.781 bits per heavy atom. The molecule has 32 heavy (non-hydrogen) atoms. The topological polar surface area (TPSA) is 27.1 Å². The van der Waals surface area contributed by atoms with Crippen molar-refractivity contribution in [2.45, 2.75) is 39.3 Å². The van der Waals surface area contributed by atoms with E-state index < -0.39 is 0 Å². The third-order valence-corrected chi connectivity index (χ3v) is 5.98. The number of aromatic nitrogens is 2. The average Bonchev–Trinajstić information content (AvgIpc) is 3.14. The van der Waals surface area contributed by atoms with Crippen molar-refractivity contribution in [3.8, 4) is 5.75 Å². The van der Waals surface area contributed by atoms with Gasteiger partial charge in [-0.2, -0.15) is 0 Å². The van der Waals surface area contributed by atoms with E-state index in [1.54, 1.807) is 0 Å². The summed E-state index contributed by atoms with van der Waals surface area (Å²) in [5.41, 5.74) is 4.88. The van der Waals surface area contributed by atoms with Crippen LogP contribution in [0, 0.1) is 0 Å². The molecule has 0 aliphatic heterocycles. The summed E-state index contributed by atoms with van der Waals surface area (Å²) in [5.74, 6) is 1.79. The van der Waals surface area contributed by atoms with Crippen molar-refractivity contribution >= 4 is 21.8 Å². The van der Waals surface area contributed by atoms with E-state index in [1.807, 2.05) is 12.1 Å². The maximum Gasteiger partial charge on any atom is 0.148 e. The van der Waals surface area contributed by atoms with Crippen LogP contribution in [0.4, 0.5) is 0 Å². The molecule has 4 aromatic carbocycles. The van der Waals surface area contributed by atoms with Gasteiger partial charge in [0.25, 0.3) is 0 Å². The van der Waals surface area contributed by atoms with E-state index in [4.69, 9.17) is 9.72 Å². The number of benzene rings is 4. The first-order chi connectivity index (χ1) is 15.5. The molecule has 0 N–H and O–H groups in total. The van der Waals surface area contributed by atoms with Crippen LogP contribution in [0.2, 0.25) is 0 Å². The molecule has 0 amide bonds. The second-order valence-electron chi connectivity index (χ2n) is 9.35. The molecule has 0 aliphatic rings. The Labute approximate surface area is 189 Å². The molecule has 0 aliphatic carbocycles. The maximum absolute atomic E-state index is 6.19. The molecule has 0 radical (unpaired) electrons. The Kier molecular flexibility index (Phi) is 5.18. The number of rotatable bonds is 5. The van der Waals surface area contributed by atoms with E-state index in [9.17, 15) is 0 Å². The van der Waals surface area contributed by atoms with Crippen LogP contribution in [0.1, 0.15) is 37.7 Å². The molecule has 5 aromatic rings. The molecule has 5 rings (SSSR count). The van der Waals surface area contributed by atoms with Crippen LogP contribution in [0.15, 0.2) is 91.0 Å². The highest BCUT2D eigenvalue weighted by Crippen LogP contribution is 2.25. The predicted octanol–water partition coefficient (Wildman–Crippen LogP) is 7.11.